The number of aliphatic hydroxyl groups is 1. The van der Waals surface area contributed by atoms with Crippen molar-refractivity contribution in [2.45, 2.75) is 18.9 Å². The lowest BCUT2D eigenvalue weighted by molar-refractivity contribution is 0.0919. The van der Waals surface area contributed by atoms with Crippen LogP contribution >= 0.6 is 11.6 Å². The highest BCUT2D eigenvalue weighted by molar-refractivity contribution is 6.31. The number of ether oxygens (including phenoxy) is 1. The van der Waals surface area contributed by atoms with Gasteiger partial charge < -0.3 is 9.84 Å². The molecule has 0 amide bonds. The van der Waals surface area contributed by atoms with Crippen molar-refractivity contribution in [3.8, 4) is 0 Å². The zero-order valence-corrected chi connectivity index (χ0v) is 9.15. The van der Waals surface area contributed by atoms with E-state index in [2.05, 4.69) is 4.98 Å². The molecule has 2 unspecified atom stereocenters. The van der Waals surface area contributed by atoms with E-state index < -0.39 is 0 Å². The normalized spacial score (nSPS) is 22.9. The fraction of sp³-hybridized carbons (Fsp3) is 0.545. The molecule has 2 rings (SSSR count). The lowest BCUT2D eigenvalue weighted by Crippen LogP contribution is -2.23. The Hall–Kier alpha value is -0.640. The molecule has 3 nitrogen and oxygen atoms in total. The molecule has 4 heteroatoms. The molecule has 1 aromatic heterocycles. The first kappa shape index (κ1) is 10.9. The number of aliphatic hydroxyl groups excluding tert-OH is 1. The maximum absolute atomic E-state index is 9.97. The van der Waals surface area contributed by atoms with Crippen LogP contribution in [0.1, 0.15) is 12.0 Å². The molecule has 1 aromatic rings. The van der Waals surface area contributed by atoms with Crippen LogP contribution in [0.15, 0.2) is 18.5 Å². The number of halogens is 1. The molecule has 0 aliphatic carbocycles. The summed E-state index contributed by atoms with van der Waals surface area (Å²) >= 11 is 5.97. The minimum absolute atomic E-state index is 0.245. The van der Waals surface area contributed by atoms with Gasteiger partial charge in [-0.15, -0.1) is 0 Å². The van der Waals surface area contributed by atoms with Crippen LogP contribution in [-0.4, -0.2) is 29.4 Å². The summed E-state index contributed by atoms with van der Waals surface area (Å²) in [4.78, 5) is 3.91. The molecule has 0 saturated carbocycles. The van der Waals surface area contributed by atoms with Crippen molar-refractivity contribution in [1.82, 2.24) is 4.98 Å². The molecule has 0 bridgehead atoms. The standard InChI is InChI=1S/C11H14ClNO2/c12-10-6-13-3-1-8(10)5-11(14)9-2-4-15-7-9/h1,3,6,9,11,14H,2,4-5,7H2. The SMILES string of the molecule is OC(Cc1ccncc1Cl)C1CCOC1. The average molecular weight is 228 g/mol. The fourth-order valence-corrected chi connectivity index (χ4v) is 2.01. The minimum Gasteiger partial charge on any atom is -0.392 e. The van der Waals surface area contributed by atoms with E-state index in [9.17, 15) is 5.11 Å². The smallest absolute Gasteiger partial charge is 0.0632 e. The Kier molecular flexibility index (Phi) is 3.57. The van der Waals surface area contributed by atoms with Crippen LogP contribution in [0.2, 0.25) is 5.02 Å². The van der Waals surface area contributed by atoms with Crippen molar-refractivity contribution in [2.75, 3.05) is 13.2 Å². The van der Waals surface area contributed by atoms with Crippen LogP contribution in [0.5, 0.6) is 0 Å². The Morgan fingerprint density at radius 2 is 2.53 bits per heavy atom. The monoisotopic (exact) mass is 227 g/mol. The topological polar surface area (TPSA) is 42.4 Å². The molecule has 2 heterocycles. The summed E-state index contributed by atoms with van der Waals surface area (Å²) < 4.78 is 5.24. The molecule has 2 atom stereocenters. The molecule has 1 N–H and O–H groups in total. The zero-order chi connectivity index (χ0) is 10.7. The molecular formula is C11H14ClNO2. The fourth-order valence-electron chi connectivity index (χ4n) is 1.82. The number of nitrogens with zero attached hydrogens (tertiary/aromatic N) is 1. The van der Waals surface area contributed by atoms with E-state index in [4.69, 9.17) is 16.3 Å². The van der Waals surface area contributed by atoms with Gasteiger partial charge in [-0.2, -0.15) is 0 Å². The predicted octanol–water partition coefficient (Wildman–Crippen LogP) is 1.67. The lowest BCUT2D eigenvalue weighted by atomic mass is 9.96. The third-order valence-corrected chi connectivity index (χ3v) is 3.13. The first-order chi connectivity index (χ1) is 7.27. The molecule has 15 heavy (non-hydrogen) atoms. The van der Waals surface area contributed by atoms with Gasteiger partial charge in [0.25, 0.3) is 0 Å². The van der Waals surface area contributed by atoms with Crippen molar-refractivity contribution in [3.63, 3.8) is 0 Å². The Labute approximate surface area is 94.0 Å². The first-order valence-corrected chi connectivity index (χ1v) is 5.49. The Bertz CT molecular complexity index is 326. The van der Waals surface area contributed by atoms with Crippen LogP contribution in [0, 0.1) is 5.92 Å². The molecule has 0 radical (unpaired) electrons. The summed E-state index contributed by atoms with van der Waals surface area (Å²) in [7, 11) is 0. The van der Waals surface area contributed by atoms with Crippen molar-refractivity contribution in [1.29, 1.82) is 0 Å². The highest BCUT2D eigenvalue weighted by Gasteiger charge is 2.24. The summed E-state index contributed by atoms with van der Waals surface area (Å²) in [6.45, 7) is 1.41. The van der Waals surface area contributed by atoms with E-state index in [0.717, 1.165) is 18.6 Å². The van der Waals surface area contributed by atoms with Crippen LogP contribution in [0.25, 0.3) is 0 Å². The number of pyridine rings is 1. The molecule has 0 aromatic carbocycles. The van der Waals surface area contributed by atoms with Crippen LogP contribution in [-0.2, 0) is 11.2 Å². The summed E-state index contributed by atoms with van der Waals surface area (Å²) in [6, 6.07) is 1.85. The molecule has 1 aliphatic heterocycles. The van der Waals surface area contributed by atoms with Crippen molar-refractivity contribution in [2.24, 2.45) is 5.92 Å². The first-order valence-electron chi connectivity index (χ1n) is 5.11. The van der Waals surface area contributed by atoms with E-state index >= 15 is 0 Å². The second-order valence-corrected chi connectivity index (χ2v) is 4.27. The van der Waals surface area contributed by atoms with Gasteiger partial charge in [-0.05, 0) is 18.1 Å². The number of rotatable bonds is 3. The van der Waals surface area contributed by atoms with Gasteiger partial charge >= 0.3 is 0 Å². The zero-order valence-electron chi connectivity index (χ0n) is 8.40. The van der Waals surface area contributed by atoms with Gasteiger partial charge in [0.2, 0.25) is 0 Å². The maximum Gasteiger partial charge on any atom is 0.0632 e. The van der Waals surface area contributed by atoms with Crippen molar-refractivity contribution < 1.29 is 9.84 Å². The quantitative estimate of drug-likeness (QED) is 0.854. The van der Waals surface area contributed by atoms with Crippen molar-refractivity contribution in [3.05, 3.63) is 29.0 Å². The molecule has 82 valence electrons. The summed E-state index contributed by atoms with van der Waals surface area (Å²) in [5.74, 6) is 0.245. The number of aromatic nitrogens is 1. The second kappa shape index (κ2) is 4.92. The van der Waals surface area contributed by atoms with E-state index in [-0.39, 0.29) is 12.0 Å². The minimum atomic E-state index is -0.368. The van der Waals surface area contributed by atoms with Crippen molar-refractivity contribution >= 4 is 11.6 Å². The van der Waals surface area contributed by atoms with Gasteiger partial charge in [0.15, 0.2) is 0 Å². The van der Waals surface area contributed by atoms with Gasteiger partial charge in [0, 0.05) is 31.3 Å². The van der Waals surface area contributed by atoms with Crippen LogP contribution < -0.4 is 0 Å². The third kappa shape index (κ3) is 2.68. The molecule has 1 aliphatic rings. The van der Waals surface area contributed by atoms with Crippen LogP contribution in [0.4, 0.5) is 0 Å². The van der Waals surface area contributed by atoms with E-state index in [1.165, 1.54) is 0 Å². The molecule has 0 spiro atoms. The third-order valence-electron chi connectivity index (χ3n) is 2.79. The predicted molar refractivity (Wildman–Crippen MR) is 57.9 cm³/mol. The summed E-state index contributed by atoms with van der Waals surface area (Å²) in [5, 5.41) is 10.6. The number of hydrogen-bond acceptors (Lipinski definition) is 3. The Morgan fingerprint density at radius 3 is 3.20 bits per heavy atom. The number of hydrogen-bond donors (Lipinski definition) is 1. The average Bonchev–Trinajstić information content (AvgIpc) is 2.74. The summed E-state index contributed by atoms with van der Waals surface area (Å²) in [6.07, 6.45) is 4.44. The molecular weight excluding hydrogens is 214 g/mol. The highest BCUT2D eigenvalue weighted by atomic mass is 35.5. The van der Waals surface area contributed by atoms with Gasteiger partial charge in [-0.25, -0.2) is 0 Å². The van der Waals surface area contributed by atoms with E-state index in [0.29, 0.717) is 18.1 Å². The van der Waals surface area contributed by atoms with Gasteiger partial charge in [0.05, 0.1) is 17.7 Å². The van der Waals surface area contributed by atoms with Gasteiger partial charge in [0.1, 0.15) is 0 Å². The van der Waals surface area contributed by atoms with E-state index in [1.54, 1.807) is 12.4 Å². The Balaban J connectivity index is 1.99. The van der Waals surface area contributed by atoms with Gasteiger partial charge in [-0.3, -0.25) is 4.98 Å². The lowest BCUT2D eigenvalue weighted by Gasteiger charge is -2.16. The summed E-state index contributed by atoms with van der Waals surface area (Å²) in [5.41, 5.74) is 0.950. The molecule has 1 fully saturated rings. The maximum atomic E-state index is 9.97. The molecule has 1 saturated heterocycles. The Morgan fingerprint density at radius 1 is 1.67 bits per heavy atom. The van der Waals surface area contributed by atoms with Gasteiger partial charge in [-0.1, -0.05) is 11.6 Å². The second-order valence-electron chi connectivity index (χ2n) is 3.86. The largest absolute Gasteiger partial charge is 0.392 e. The highest BCUT2D eigenvalue weighted by Crippen LogP contribution is 2.22. The van der Waals surface area contributed by atoms with E-state index in [1.807, 2.05) is 6.07 Å². The van der Waals surface area contributed by atoms with Crippen LogP contribution in [0.3, 0.4) is 0 Å².